The van der Waals surface area contributed by atoms with Gasteiger partial charge in [-0.2, -0.15) is 0 Å². The Hall–Kier alpha value is -3.07. The van der Waals surface area contributed by atoms with Crippen LogP contribution in [-0.4, -0.2) is 4.98 Å². The van der Waals surface area contributed by atoms with Crippen molar-refractivity contribution >= 4 is 22.3 Å². The number of rotatable bonds is 3. The summed E-state index contributed by atoms with van der Waals surface area (Å²) in [5.41, 5.74) is 2.76. The molecule has 1 heterocycles. The lowest BCUT2D eigenvalue weighted by atomic mass is 9.92. The highest BCUT2D eigenvalue weighted by molar-refractivity contribution is 5.86. The first kappa shape index (κ1) is 16.4. The Labute approximate surface area is 153 Å². The van der Waals surface area contributed by atoms with E-state index in [9.17, 15) is 0 Å². The molecule has 0 spiro atoms. The summed E-state index contributed by atoms with van der Waals surface area (Å²) in [6.07, 6.45) is 0. The zero-order valence-electron chi connectivity index (χ0n) is 15.3. The van der Waals surface area contributed by atoms with Crippen molar-refractivity contribution in [1.29, 1.82) is 0 Å². The van der Waals surface area contributed by atoms with Gasteiger partial charge in [-0.3, -0.25) is 0 Å². The van der Waals surface area contributed by atoms with Crippen molar-refractivity contribution in [3.05, 3.63) is 78.5 Å². The van der Waals surface area contributed by atoms with E-state index in [0.717, 1.165) is 16.9 Å². The van der Waals surface area contributed by atoms with Crippen LogP contribution >= 0.6 is 0 Å². The number of fused-ring (bicyclic) bond motifs is 1. The Morgan fingerprint density at radius 1 is 0.808 bits per heavy atom. The van der Waals surface area contributed by atoms with Gasteiger partial charge in [-0.05, 0) is 35.0 Å². The smallest absolute Gasteiger partial charge is 0.229 e. The van der Waals surface area contributed by atoms with E-state index in [-0.39, 0.29) is 5.41 Å². The lowest BCUT2D eigenvalue weighted by Gasteiger charge is -2.16. The number of oxazole rings is 1. The molecule has 4 aromatic rings. The van der Waals surface area contributed by atoms with E-state index in [2.05, 4.69) is 68.6 Å². The Morgan fingerprint density at radius 2 is 1.50 bits per heavy atom. The van der Waals surface area contributed by atoms with Crippen LogP contribution in [0, 0.1) is 0 Å². The topological polar surface area (TPSA) is 38.1 Å². The van der Waals surface area contributed by atoms with Crippen molar-refractivity contribution in [2.75, 3.05) is 5.32 Å². The van der Waals surface area contributed by atoms with E-state index in [1.165, 1.54) is 10.8 Å². The third-order valence-corrected chi connectivity index (χ3v) is 4.37. The van der Waals surface area contributed by atoms with Gasteiger partial charge in [0.25, 0.3) is 0 Å². The minimum Gasteiger partial charge on any atom is -0.420 e. The van der Waals surface area contributed by atoms with E-state index in [1.807, 2.05) is 30.3 Å². The van der Waals surface area contributed by atoms with Crippen LogP contribution in [0.2, 0.25) is 0 Å². The average molecular weight is 342 g/mol. The largest absolute Gasteiger partial charge is 0.420 e. The summed E-state index contributed by atoms with van der Waals surface area (Å²) in [7, 11) is 0. The first-order valence-electron chi connectivity index (χ1n) is 8.83. The van der Waals surface area contributed by atoms with Crippen LogP contribution in [0.25, 0.3) is 22.2 Å². The molecule has 0 fully saturated rings. The highest BCUT2D eigenvalue weighted by Gasteiger charge is 2.25. The highest BCUT2D eigenvalue weighted by Crippen LogP contribution is 2.35. The van der Waals surface area contributed by atoms with Gasteiger partial charge in [-0.1, -0.05) is 69.3 Å². The zero-order chi connectivity index (χ0) is 18.1. The summed E-state index contributed by atoms with van der Waals surface area (Å²) in [5.74, 6) is 1.34. The van der Waals surface area contributed by atoms with Gasteiger partial charge in [0.05, 0.1) is 0 Å². The molecule has 1 aromatic heterocycles. The molecule has 0 aliphatic rings. The van der Waals surface area contributed by atoms with Crippen LogP contribution in [0.15, 0.2) is 77.2 Å². The monoisotopic (exact) mass is 342 g/mol. The standard InChI is InChI=1S/C23H22N2O/c1-23(2,3)20-22(26-21(25-20)17-10-5-4-6-11-17)24-19-14-13-16-9-7-8-12-18(16)15-19/h4-15,24H,1-3H3. The van der Waals surface area contributed by atoms with Crippen LogP contribution in [0.4, 0.5) is 11.6 Å². The van der Waals surface area contributed by atoms with Crippen LogP contribution < -0.4 is 5.32 Å². The number of nitrogens with zero attached hydrogens (tertiary/aromatic N) is 1. The molecule has 130 valence electrons. The van der Waals surface area contributed by atoms with Gasteiger partial charge in [0.2, 0.25) is 11.8 Å². The van der Waals surface area contributed by atoms with Gasteiger partial charge in [0, 0.05) is 16.7 Å². The molecule has 4 rings (SSSR count). The maximum atomic E-state index is 6.12. The molecular formula is C23H22N2O. The fourth-order valence-electron chi connectivity index (χ4n) is 3.02. The maximum Gasteiger partial charge on any atom is 0.229 e. The Balaban J connectivity index is 1.75. The minimum atomic E-state index is -0.129. The third-order valence-electron chi connectivity index (χ3n) is 4.37. The van der Waals surface area contributed by atoms with Gasteiger partial charge in [0.15, 0.2) is 0 Å². The Kier molecular flexibility index (Phi) is 4.00. The zero-order valence-corrected chi connectivity index (χ0v) is 15.3. The van der Waals surface area contributed by atoms with E-state index < -0.39 is 0 Å². The molecule has 26 heavy (non-hydrogen) atoms. The van der Waals surface area contributed by atoms with E-state index in [4.69, 9.17) is 9.40 Å². The van der Waals surface area contributed by atoms with Crippen LogP contribution in [-0.2, 0) is 5.41 Å². The second kappa shape index (κ2) is 6.34. The number of benzene rings is 3. The van der Waals surface area contributed by atoms with E-state index >= 15 is 0 Å². The normalized spacial score (nSPS) is 11.7. The average Bonchev–Trinajstić information content (AvgIpc) is 3.07. The fourth-order valence-corrected chi connectivity index (χ4v) is 3.02. The van der Waals surface area contributed by atoms with Gasteiger partial charge < -0.3 is 9.73 Å². The highest BCUT2D eigenvalue weighted by atomic mass is 16.4. The van der Waals surface area contributed by atoms with Crippen molar-refractivity contribution in [3.63, 3.8) is 0 Å². The van der Waals surface area contributed by atoms with E-state index in [1.54, 1.807) is 0 Å². The summed E-state index contributed by atoms with van der Waals surface area (Å²) in [6.45, 7) is 6.43. The molecule has 0 bridgehead atoms. The quantitative estimate of drug-likeness (QED) is 0.459. The summed E-state index contributed by atoms with van der Waals surface area (Å²) < 4.78 is 6.12. The van der Waals surface area contributed by atoms with Crippen molar-refractivity contribution in [2.24, 2.45) is 0 Å². The van der Waals surface area contributed by atoms with E-state index in [0.29, 0.717) is 11.8 Å². The molecule has 0 radical (unpaired) electrons. The summed E-state index contributed by atoms with van der Waals surface area (Å²) in [6, 6.07) is 24.6. The van der Waals surface area contributed by atoms with Gasteiger partial charge in [-0.25, -0.2) is 4.98 Å². The number of hydrogen-bond donors (Lipinski definition) is 1. The summed E-state index contributed by atoms with van der Waals surface area (Å²) in [5, 5.41) is 5.84. The molecule has 0 aliphatic heterocycles. The summed E-state index contributed by atoms with van der Waals surface area (Å²) >= 11 is 0. The van der Waals surface area contributed by atoms with Crippen molar-refractivity contribution in [1.82, 2.24) is 4.98 Å². The van der Waals surface area contributed by atoms with Crippen molar-refractivity contribution in [2.45, 2.75) is 26.2 Å². The first-order valence-corrected chi connectivity index (χ1v) is 8.83. The molecule has 0 unspecified atom stereocenters. The first-order chi connectivity index (χ1) is 12.5. The Morgan fingerprint density at radius 3 is 2.23 bits per heavy atom. The Bertz CT molecular complexity index is 1040. The second-order valence-electron chi connectivity index (χ2n) is 7.50. The minimum absolute atomic E-state index is 0.129. The molecule has 0 atom stereocenters. The van der Waals surface area contributed by atoms with Crippen LogP contribution in [0.3, 0.4) is 0 Å². The lowest BCUT2D eigenvalue weighted by Crippen LogP contribution is -2.13. The number of anilines is 2. The molecule has 3 heteroatoms. The van der Waals surface area contributed by atoms with Crippen LogP contribution in [0.5, 0.6) is 0 Å². The number of aromatic nitrogens is 1. The second-order valence-corrected chi connectivity index (χ2v) is 7.50. The third kappa shape index (κ3) is 3.21. The molecule has 0 saturated carbocycles. The molecule has 3 nitrogen and oxygen atoms in total. The fraction of sp³-hybridized carbons (Fsp3) is 0.174. The van der Waals surface area contributed by atoms with Crippen molar-refractivity contribution in [3.8, 4) is 11.5 Å². The molecular weight excluding hydrogens is 320 g/mol. The molecule has 0 amide bonds. The van der Waals surface area contributed by atoms with Gasteiger partial charge in [-0.15, -0.1) is 0 Å². The lowest BCUT2D eigenvalue weighted by molar-refractivity contribution is 0.557. The van der Waals surface area contributed by atoms with Gasteiger partial charge in [0.1, 0.15) is 5.69 Å². The molecule has 1 N–H and O–H groups in total. The molecule has 0 aliphatic carbocycles. The summed E-state index contributed by atoms with van der Waals surface area (Å²) in [4.78, 5) is 4.78. The maximum absolute atomic E-state index is 6.12. The SMILES string of the molecule is CC(C)(C)c1nc(-c2ccccc2)oc1Nc1ccc2ccccc2c1. The molecule has 0 saturated heterocycles. The predicted octanol–water partition coefficient (Wildman–Crippen LogP) is 6.54. The number of nitrogens with one attached hydrogen (secondary N) is 1. The number of hydrogen-bond acceptors (Lipinski definition) is 3. The molecule has 3 aromatic carbocycles. The van der Waals surface area contributed by atoms with Gasteiger partial charge >= 0.3 is 0 Å². The van der Waals surface area contributed by atoms with Crippen LogP contribution in [0.1, 0.15) is 26.5 Å². The predicted molar refractivity (Wildman–Crippen MR) is 108 cm³/mol. The van der Waals surface area contributed by atoms with Crippen molar-refractivity contribution < 1.29 is 4.42 Å².